The Balaban J connectivity index is 2.13. The molecule has 2 aromatic carbocycles. The Bertz CT molecular complexity index is 966. The second-order valence-electron chi connectivity index (χ2n) is 5.58. The Morgan fingerprint density at radius 3 is 2.48 bits per heavy atom. The van der Waals surface area contributed by atoms with E-state index in [-0.39, 0.29) is 4.90 Å². The molecular weight excluding hydrogens is 338 g/mol. The number of hydrogen-bond acceptors (Lipinski definition) is 5. The van der Waals surface area contributed by atoms with E-state index in [9.17, 15) is 8.42 Å². The Morgan fingerprint density at radius 1 is 1.08 bits per heavy atom. The molecule has 0 amide bonds. The topological polar surface area (TPSA) is 98.2 Å². The van der Waals surface area contributed by atoms with E-state index in [0.717, 1.165) is 12.1 Å². The van der Waals surface area contributed by atoms with Crippen molar-refractivity contribution < 1.29 is 12.8 Å². The van der Waals surface area contributed by atoms with E-state index in [4.69, 9.17) is 9.56 Å². The quantitative estimate of drug-likeness (QED) is 0.706. The van der Waals surface area contributed by atoms with Crippen LogP contribution in [0.25, 0.3) is 22.6 Å². The Morgan fingerprint density at radius 2 is 1.80 bits per heavy atom. The zero-order valence-electron chi connectivity index (χ0n) is 13.8. The number of primary sulfonamides is 1. The Labute approximate surface area is 146 Å². The maximum Gasteiger partial charge on any atom is 0.238 e. The van der Waals surface area contributed by atoms with Gasteiger partial charge in [-0.15, -0.1) is 0 Å². The third-order valence-corrected chi connectivity index (χ3v) is 4.64. The summed E-state index contributed by atoms with van der Waals surface area (Å²) in [4.78, 5) is 4.62. The summed E-state index contributed by atoms with van der Waals surface area (Å²) in [5.74, 6) is 1.20. The van der Waals surface area contributed by atoms with E-state index in [0.29, 0.717) is 29.3 Å². The summed E-state index contributed by atoms with van der Waals surface area (Å²) in [7, 11) is -1.93. The fourth-order valence-electron chi connectivity index (χ4n) is 2.50. The van der Waals surface area contributed by atoms with Crippen LogP contribution in [0.3, 0.4) is 0 Å². The molecule has 3 rings (SSSR count). The first kappa shape index (κ1) is 17.3. The van der Waals surface area contributed by atoms with Crippen LogP contribution in [0.2, 0.25) is 0 Å². The molecule has 25 heavy (non-hydrogen) atoms. The van der Waals surface area contributed by atoms with Gasteiger partial charge < -0.3 is 9.73 Å². The van der Waals surface area contributed by atoms with E-state index >= 15 is 0 Å². The molecule has 0 saturated heterocycles. The molecule has 0 aliphatic rings. The van der Waals surface area contributed by atoms with Crippen molar-refractivity contribution >= 4 is 10.0 Å². The number of hydrogen-bond donors (Lipinski definition) is 2. The highest BCUT2D eigenvalue weighted by molar-refractivity contribution is 7.89. The number of nitrogens with two attached hydrogens (primary N) is 1. The number of oxazole rings is 1. The lowest BCUT2D eigenvalue weighted by molar-refractivity contribution is 0.501. The van der Waals surface area contributed by atoms with E-state index < -0.39 is 10.0 Å². The van der Waals surface area contributed by atoms with Gasteiger partial charge >= 0.3 is 0 Å². The predicted octanol–water partition coefficient (Wildman–Crippen LogP) is 2.42. The van der Waals surface area contributed by atoms with Crippen molar-refractivity contribution in [2.45, 2.75) is 11.3 Å². The molecule has 0 atom stereocenters. The number of nitrogens with zero attached hydrogens (tertiary/aromatic N) is 1. The summed E-state index contributed by atoms with van der Waals surface area (Å²) in [6.07, 6.45) is 0.630. The van der Waals surface area contributed by atoms with Gasteiger partial charge in [-0.1, -0.05) is 42.5 Å². The molecule has 130 valence electrons. The molecule has 0 saturated carbocycles. The number of aromatic nitrogens is 1. The lowest BCUT2D eigenvalue weighted by Crippen LogP contribution is -2.12. The second-order valence-corrected chi connectivity index (χ2v) is 7.14. The molecule has 3 aromatic rings. The minimum atomic E-state index is -3.79. The normalized spacial score (nSPS) is 11.6. The van der Waals surface area contributed by atoms with Crippen LogP contribution in [-0.2, 0) is 16.4 Å². The van der Waals surface area contributed by atoms with Crippen LogP contribution < -0.4 is 10.5 Å². The fourth-order valence-corrected chi connectivity index (χ4v) is 3.06. The number of benzene rings is 2. The zero-order chi connectivity index (χ0) is 17.9. The van der Waals surface area contributed by atoms with Crippen LogP contribution in [0.1, 0.15) is 5.89 Å². The van der Waals surface area contributed by atoms with Crippen LogP contribution in [-0.4, -0.2) is 27.0 Å². The molecule has 7 heteroatoms. The molecule has 0 unspecified atom stereocenters. The van der Waals surface area contributed by atoms with E-state index in [1.807, 2.05) is 37.4 Å². The first-order chi connectivity index (χ1) is 12.0. The molecule has 0 bridgehead atoms. The van der Waals surface area contributed by atoms with Crippen molar-refractivity contribution in [1.29, 1.82) is 0 Å². The largest absolute Gasteiger partial charge is 0.440 e. The van der Waals surface area contributed by atoms with Gasteiger partial charge in [0.05, 0.1) is 4.90 Å². The molecule has 0 spiro atoms. The standard InChI is InChI=1S/C18H19N3O3S/c1-20-11-10-16-21-17(18(24-16)13-6-3-2-4-7-13)14-8-5-9-15(12-14)25(19,22)23/h2-9,12,20H,10-11H2,1H3,(H2,19,22,23). The molecule has 3 N–H and O–H groups in total. The van der Waals surface area contributed by atoms with Gasteiger partial charge in [-0.3, -0.25) is 0 Å². The third-order valence-electron chi connectivity index (χ3n) is 3.73. The van der Waals surface area contributed by atoms with Crippen LogP contribution in [0.4, 0.5) is 0 Å². The monoisotopic (exact) mass is 357 g/mol. The number of sulfonamides is 1. The number of nitrogens with one attached hydrogen (secondary N) is 1. The van der Waals surface area contributed by atoms with Crippen molar-refractivity contribution in [3.05, 3.63) is 60.5 Å². The average Bonchev–Trinajstić information content (AvgIpc) is 3.04. The van der Waals surface area contributed by atoms with E-state index in [2.05, 4.69) is 10.3 Å². The van der Waals surface area contributed by atoms with Gasteiger partial charge in [-0.25, -0.2) is 18.5 Å². The molecule has 0 aliphatic carbocycles. The molecule has 0 radical (unpaired) electrons. The van der Waals surface area contributed by atoms with Gasteiger partial charge in [0, 0.05) is 24.1 Å². The lowest BCUT2D eigenvalue weighted by atomic mass is 10.1. The fraction of sp³-hybridized carbons (Fsp3) is 0.167. The summed E-state index contributed by atoms with van der Waals surface area (Å²) in [6, 6.07) is 16.0. The summed E-state index contributed by atoms with van der Waals surface area (Å²) in [5, 5.41) is 8.30. The van der Waals surface area contributed by atoms with Crippen molar-refractivity contribution in [1.82, 2.24) is 10.3 Å². The SMILES string of the molecule is CNCCc1nc(-c2cccc(S(N)(=O)=O)c2)c(-c2ccccc2)o1. The highest BCUT2D eigenvalue weighted by Crippen LogP contribution is 2.33. The van der Waals surface area contributed by atoms with Crippen LogP contribution >= 0.6 is 0 Å². The molecule has 1 heterocycles. The highest BCUT2D eigenvalue weighted by atomic mass is 32.2. The van der Waals surface area contributed by atoms with Crippen molar-refractivity contribution in [2.24, 2.45) is 5.14 Å². The predicted molar refractivity (Wildman–Crippen MR) is 96.4 cm³/mol. The van der Waals surface area contributed by atoms with Crippen molar-refractivity contribution in [3.63, 3.8) is 0 Å². The first-order valence-electron chi connectivity index (χ1n) is 7.82. The van der Waals surface area contributed by atoms with Gasteiger partial charge in [0.2, 0.25) is 10.0 Å². The maximum absolute atomic E-state index is 11.6. The molecule has 1 aromatic heterocycles. The van der Waals surface area contributed by atoms with Gasteiger partial charge in [0.1, 0.15) is 5.69 Å². The second kappa shape index (κ2) is 7.18. The number of likely N-dealkylation sites (N-methyl/N-ethyl adjacent to an activating group) is 1. The van der Waals surface area contributed by atoms with E-state index in [1.165, 1.54) is 12.1 Å². The summed E-state index contributed by atoms with van der Waals surface area (Å²) in [6.45, 7) is 0.728. The smallest absolute Gasteiger partial charge is 0.238 e. The van der Waals surface area contributed by atoms with Crippen LogP contribution in [0.5, 0.6) is 0 Å². The van der Waals surface area contributed by atoms with Crippen molar-refractivity contribution in [3.8, 4) is 22.6 Å². The van der Waals surface area contributed by atoms with Gasteiger partial charge in [0.15, 0.2) is 11.7 Å². The van der Waals surface area contributed by atoms with Gasteiger partial charge in [0.25, 0.3) is 0 Å². The summed E-state index contributed by atoms with van der Waals surface area (Å²) in [5.41, 5.74) is 2.12. The number of rotatable bonds is 6. The third kappa shape index (κ3) is 3.96. The lowest BCUT2D eigenvalue weighted by Gasteiger charge is -2.04. The molecular formula is C18H19N3O3S. The van der Waals surface area contributed by atoms with Crippen LogP contribution in [0, 0.1) is 0 Å². The average molecular weight is 357 g/mol. The molecule has 0 aliphatic heterocycles. The van der Waals surface area contributed by atoms with Crippen LogP contribution in [0.15, 0.2) is 63.9 Å². The van der Waals surface area contributed by atoms with Gasteiger partial charge in [-0.2, -0.15) is 0 Å². The first-order valence-corrected chi connectivity index (χ1v) is 9.36. The highest BCUT2D eigenvalue weighted by Gasteiger charge is 2.18. The molecule has 6 nitrogen and oxygen atoms in total. The molecule has 0 fully saturated rings. The van der Waals surface area contributed by atoms with Gasteiger partial charge in [-0.05, 0) is 19.2 Å². The maximum atomic E-state index is 11.6. The zero-order valence-corrected chi connectivity index (χ0v) is 14.6. The van der Waals surface area contributed by atoms with E-state index in [1.54, 1.807) is 12.1 Å². The Kier molecular flexibility index (Phi) is 4.98. The Hall–Kier alpha value is -2.48. The minimum Gasteiger partial charge on any atom is -0.440 e. The minimum absolute atomic E-state index is 0.0452. The summed E-state index contributed by atoms with van der Waals surface area (Å²) < 4.78 is 29.2. The van der Waals surface area contributed by atoms with Crippen molar-refractivity contribution in [2.75, 3.05) is 13.6 Å². The summed E-state index contributed by atoms with van der Waals surface area (Å²) >= 11 is 0.